The molecular weight excluding hydrogens is 218 g/mol. The first-order chi connectivity index (χ1) is 7.68. The monoisotopic (exact) mass is 239 g/mol. The fourth-order valence-electron chi connectivity index (χ4n) is 2.40. The molecule has 0 radical (unpaired) electrons. The molecule has 3 nitrogen and oxygen atoms in total. The van der Waals surface area contributed by atoms with Crippen LogP contribution in [0.3, 0.4) is 0 Å². The quantitative estimate of drug-likeness (QED) is 0.846. The normalized spacial score (nSPS) is 25.4. The molecule has 0 aromatic carbocycles. The average molecular weight is 239 g/mol. The van der Waals surface area contributed by atoms with Crippen molar-refractivity contribution in [3.05, 3.63) is 16.6 Å². The molecule has 16 heavy (non-hydrogen) atoms. The first kappa shape index (κ1) is 12.0. The molecule has 1 atom stereocenters. The zero-order valence-electron chi connectivity index (χ0n) is 10.2. The first-order valence-corrected chi connectivity index (χ1v) is 6.84. The van der Waals surface area contributed by atoms with Crippen LogP contribution < -0.4 is 5.32 Å². The van der Waals surface area contributed by atoms with E-state index >= 15 is 0 Å². The van der Waals surface area contributed by atoms with Crippen LogP contribution in [0, 0.1) is 5.41 Å². The maximum atomic E-state index is 4.32. The number of nitrogens with zero attached hydrogens (tertiary/aromatic N) is 2. The van der Waals surface area contributed by atoms with Gasteiger partial charge in [0.2, 0.25) is 0 Å². The fourth-order valence-corrected chi connectivity index (χ4v) is 3.01. The van der Waals surface area contributed by atoms with Crippen LogP contribution in [0.4, 0.5) is 0 Å². The van der Waals surface area contributed by atoms with Crippen molar-refractivity contribution in [3.8, 4) is 0 Å². The van der Waals surface area contributed by atoms with Gasteiger partial charge in [-0.15, -0.1) is 11.3 Å². The van der Waals surface area contributed by atoms with Crippen LogP contribution >= 0.6 is 11.3 Å². The van der Waals surface area contributed by atoms with Gasteiger partial charge in [0.1, 0.15) is 0 Å². The van der Waals surface area contributed by atoms with Crippen LogP contribution in [-0.2, 0) is 6.42 Å². The molecule has 1 N–H and O–H groups in total. The van der Waals surface area contributed by atoms with Crippen molar-refractivity contribution in [2.45, 2.75) is 19.8 Å². The van der Waals surface area contributed by atoms with Gasteiger partial charge in [0, 0.05) is 37.6 Å². The van der Waals surface area contributed by atoms with E-state index in [2.05, 4.69) is 34.6 Å². The summed E-state index contributed by atoms with van der Waals surface area (Å²) in [6, 6.07) is 0. The number of aromatic nitrogens is 1. The number of nitrogens with one attached hydrogen (secondary N) is 1. The van der Waals surface area contributed by atoms with E-state index < -0.39 is 0 Å². The number of hydrogen-bond acceptors (Lipinski definition) is 4. The van der Waals surface area contributed by atoms with Crippen molar-refractivity contribution in [2.24, 2.45) is 5.41 Å². The summed E-state index contributed by atoms with van der Waals surface area (Å²) in [4.78, 5) is 6.76. The van der Waals surface area contributed by atoms with E-state index in [1.54, 1.807) is 11.3 Å². The van der Waals surface area contributed by atoms with E-state index in [0.29, 0.717) is 5.41 Å². The Bertz CT molecular complexity index is 304. The van der Waals surface area contributed by atoms with Crippen LogP contribution in [0.25, 0.3) is 0 Å². The molecule has 2 heterocycles. The van der Waals surface area contributed by atoms with Gasteiger partial charge in [0.15, 0.2) is 0 Å². The zero-order chi connectivity index (χ0) is 11.4. The van der Waals surface area contributed by atoms with Gasteiger partial charge in [-0.2, -0.15) is 0 Å². The second-order valence-electron chi connectivity index (χ2n) is 5.15. The van der Waals surface area contributed by atoms with Gasteiger partial charge < -0.3 is 10.2 Å². The van der Waals surface area contributed by atoms with Crippen LogP contribution in [0.5, 0.6) is 0 Å². The lowest BCUT2D eigenvalue weighted by Gasteiger charge is -2.28. The number of rotatable bonds is 5. The van der Waals surface area contributed by atoms with Crippen LogP contribution in [-0.4, -0.2) is 43.1 Å². The second-order valence-corrected chi connectivity index (χ2v) is 6.13. The fraction of sp³-hybridized carbons (Fsp3) is 0.750. The molecule has 1 aromatic heterocycles. The van der Waals surface area contributed by atoms with E-state index in [1.807, 2.05) is 6.20 Å². The van der Waals surface area contributed by atoms with Gasteiger partial charge in [-0.25, -0.2) is 4.98 Å². The van der Waals surface area contributed by atoms with Crippen molar-refractivity contribution >= 4 is 11.3 Å². The number of hydrogen-bond donors (Lipinski definition) is 1. The van der Waals surface area contributed by atoms with E-state index in [1.165, 1.54) is 24.5 Å². The molecule has 0 amide bonds. The van der Waals surface area contributed by atoms with Gasteiger partial charge in [-0.3, -0.25) is 0 Å². The molecule has 1 fully saturated rings. The van der Waals surface area contributed by atoms with Crippen LogP contribution in [0.1, 0.15) is 18.4 Å². The molecular formula is C12H21N3S. The average Bonchev–Trinajstić information content (AvgIpc) is 2.86. The minimum absolute atomic E-state index is 0.470. The summed E-state index contributed by atoms with van der Waals surface area (Å²) in [6.45, 7) is 7.02. The van der Waals surface area contributed by atoms with Crippen molar-refractivity contribution in [3.63, 3.8) is 0 Å². The molecule has 0 aliphatic carbocycles. The zero-order valence-corrected chi connectivity index (χ0v) is 11.0. The van der Waals surface area contributed by atoms with Gasteiger partial charge in [-0.05, 0) is 25.4 Å². The third-order valence-electron chi connectivity index (χ3n) is 3.30. The second kappa shape index (κ2) is 5.25. The lowest BCUT2D eigenvalue weighted by molar-refractivity contribution is 0.211. The van der Waals surface area contributed by atoms with E-state index in [-0.39, 0.29) is 0 Å². The highest BCUT2D eigenvalue weighted by Crippen LogP contribution is 2.25. The van der Waals surface area contributed by atoms with Crippen molar-refractivity contribution < 1.29 is 0 Å². The highest BCUT2D eigenvalue weighted by Gasteiger charge is 2.29. The largest absolute Gasteiger partial charge is 0.316 e. The molecule has 1 aromatic rings. The summed E-state index contributed by atoms with van der Waals surface area (Å²) in [5.74, 6) is 0. The topological polar surface area (TPSA) is 28.2 Å². The summed E-state index contributed by atoms with van der Waals surface area (Å²) in [5, 5.41) is 6.76. The number of thiazole rings is 1. The van der Waals surface area contributed by atoms with Gasteiger partial charge in [0.25, 0.3) is 0 Å². The molecule has 0 bridgehead atoms. The lowest BCUT2D eigenvalue weighted by Crippen LogP contribution is -2.36. The SMILES string of the molecule is CN(CCc1nccs1)CC1(C)CCNC1. The van der Waals surface area contributed by atoms with Crippen molar-refractivity contribution in [1.82, 2.24) is 15.2 Å². The Morgan fingerprint density at radius 2 is 2.50 bits per heavy atom. The highest BCUT2D eigenvalue weighted by atomic mass is 32.1. The van der Waals surface area contributed by atoms with E-state index in [0.717, 1.165) is 19.5 Å². The van der Waals surface area contributed by atoms with Gasteiger partial charge >= 0.3 is 0 Å². The third-order valence-corrected chi connectivity index (χ3v) is 4.14. The molecule has 2 rings (SSSR count). The summed E-state index contributed by atoms with van der Waals surface area (Å²) >= 11 is 1.76. The Kier molecular flexibility index (Phi) is 3.95. The van der Waals surface area contributed by atoms with Gasteiger partial charge in [-0.1, -0.05) is 6.92 Å². The Morgan fingerprint density at radius 3 is 3.12 bits per heavy atom. The molecule has 0 spiro atoms. The minimum Gasteiger partial charge on any atom is -0.316 e. The summed E-state index contributed by atoms with van der Waals surface area (Å²) < 4.78 is 0. The van der Waals surface area contributed by atoms with Crippen molar-refractivity contribution in [1.29, 1.82) is 0 Å². The Morgan fingerprint density at radius 1 is 1.62 bits per heavy atom. The smallest absolute Gasteiger partial charge is 0.0937 e. The van der Waals surface area contributed by atoms with Crippen molar-refractivity contribution in [2.75, 3.05) is 33.2 Å². The first-order valence-electron chi connectivity index (χ1n) is 5.96. The summed E-state index contributed by atoms with van der Waals surface area (Å²) in [5.41, 5.74) is 0.470. The van der Waals surface area contributed by atoms with Crippen LogP contribution in [0.2, 0.25) is 0 Å². The number of likely N-dealkylation sites (N-methyl/N-ethyl adjacent to an activating group) is 1. The molecule has 90 valence electrons. The standard InChI is InChI=1S/C12H21N3S/c1-12(4-5-13-9-12)10-15(2)7-3-11-14-6-8-16-11/h6,8,13H,3-5,7,9-10H2,1-2H3. The van der Waals surface area contributed by atoms with E-state index in [9.17, 15) is 0 Å². The molecule has 0 saturated carbocycles. The molecule has 1 aliphatic rings. The van der Waals surface area contributed by atoms with Crippen LogP contribution in [0.15, 0.2) is 11.6 Å². The molecule has 4 heteroatoms. The summed E-state index contributed by atoms with van der Waals surface area (Å²) in [6.07, 6.45) is 4.27. The molecule has 1 unspecified atom stereocenters. The summed E-state index contributed by atoms with van der Waals surface area (Å²) in [7, 11) is 2.22. The van der Waals surface area contributed by atoms with E-state index in [4.69, 9.17) is 0 Å². The lowest BCUT2D eigenvalue weighted by atomic mass is 9.89. The highest BCUT2D eigenvalue weighted by molar-refractivity contribution is 7.09. The predicted octanol–water partition coefficient (Wildman–Crippen LogP) is 1.62. The molecule has 1 aliphatic heterocycles. The third kappa shape index (κ3) is 3.27. The maximum Gasteiger partial charge on any atom is 0.0937 e. The van der Waals surface area contributed by atoms with Gasteiger partial charge in [0.05, 0.1) is 5.01 Å². The predicted molar refractivity (Wildman–Crippen MR) is 68.9 cm³/mol. The Labute approximate surface area is 102 Å². The minimum atomic E-state index is 0.470. The maximum absolute atomic E-state index is 4.32. The Hall–Kier alpha value is -0.450. The Balaban J connectivity index is 1.73. The molecule has 1 saturated heterocycles.